The summed E-state index contributed by atoms with van der Waals surface area (Å²) in [6.07, 6.45) is 4.27. The van der Waals surface area contributed by atoms with Crippen LogP contribution in [0.2, 0.25) is 0 Å². The zero-order valence-corrected chi connectivity index (χ0v) is 13.8. The Balaban J connectivity index is 2.05. The van der Waals surface area contributed by atoms with E-state index in [9.17, 15) is 9.90 Å². The first-order chi connectivity index (χ1) is 11.1. The Morgan fingerprint density at radius 2 is 2.17 bits per heavy atom. The van der Waals surface area contributed by atoms with Crippen LogP contribution < -0.4 is 4.74 Å². The zero-order valence-electron chi connectivity index (χ0n) is 13.8. The van der Waals surface area contributed by atoms with E-state index in [1.165, 1.54) is 0 Å². The first kappa shape index (κ1) is 17.8. The van der Waals surface area contributed by atoms with Crippen molar-refractivity contribution >= 4 is 5.97 Å². The van der Waals surface area contributed by atoms with Crippen LogP contribution in [0.25, 0.3) is 0 Å². The lowest BCUT2D eigenvalue weighted by Gasteiger charge is -2.42. The fourth-order valence-electron chi connectivity index (χ4n) is 3.54. The monoisotopic (exact) mass is 321 g/mol. The van der Waals surface area contributed by atoms with Crippen LogP contribution in [0, 0.1) is 5.41 Å². The summed E-state index contributed by atoms with van der Waals surface area (Å²) in [4.78, 5) is 13.1. The highest BCUT2D eigenvalue weighted by atomic mass is 16.5. The fraction of sp³-hybridized carbons (Fsp3) is 0.611. The van der Waals surface area contributed by atoms with Crippen LogP contribution in [0.5, 0.6) is 5.75 Å². The first-order valence-corrected chi connectivity index (χ1v) is 8.34. The van der Waals surface area contributed by atoms with Gasteiger partial charge >= 0.3 is 5.97 Å². The third-order valence-corrected chi connectivity index (χ3v) is 4.57. The topological polar surface area (TPSA) is 70.0 Å². The highest BCUT2D eigenvalue weighted by Crippen LogP contribution is 2.35. The summed E-state index contributed by atoms with van der Waals surface area (Å²) < 4.78 is 5.39. The number of aliphatic hydroxyl groups excluding tert-OH is 1. The van der Waals surface area contributed by atoms with E-state index in [0.717, 1.165) is 50.9 Å². The van der Waals surface area contributed by atoms with Crippen molar-refractivity contribution in [3.63, 3.8) is 0 Å². The summed E-state index contributed by atoms with van der Waals surface area (Å²) in [6.45, 7) is 4.66. The number of likely N-dealkylation sites (tertiary alicyclic amines) is 1. The molecule has 0 saturated carbocycles. The molecule has 0 amide bonds. The molecular formula is C18H27NO4. The maximum absolute atomic E-state index is 10.7. The Morgan fingerprint density at radius 1 is 1.39 bits per heavy atom. The smallest absolute Gasteiger partial charge is 0.341 e. The molecule has 1 aliphatic heterocycles. The number of benzene rings is 1. The van der Waals surface area contributed by atoms with Crippen LogP contribution in [0.3, 0.4) is 0 Å². The lowest BCUT2D eigenvalue weighted by molar-refractivity contribution is -0.139. The third-order valence-electron chi connectivity index (χ3n) is 4.57. The Hall–Kier alpha value is -1.59. The largest absolute Gasteiger partial charge is 0.482 e. The van der Waals surface area contributed by atoms with E-state index in [2.05, 4.69) is 11.8 Å². The van der Waals surface area contributed by atoms with Crippen LogP contribution in [-0.4, -0.2) is 47.4 Å². The van der Waals surface area contributed by atoms with E-state index in [4.69, 9.17) is 9.84 Å². The Labute approximate surface area is 137 Å². The molecule has 0 aromatic heterocycles. The van der Waals surface area contributed by atoms with Gasteiger partial charge in [0.05, 0.1) is 0 Å². The molecule has 1 aromatic rings. The molecule has 1 fully saturated rings. The lowest BCUT2D eigenvalue weighted by Crippen LogP contribution is -2.44. The van der Waals surface area contributed by atoms with Gasteiger partial charge in [0, 0.05) is 30.7 Å². The van der Waals surface area contributed by atoms with Gasteiger partial charge in [-0.1, -0.05) is 31.5 Å². The van der Waals surface area contributed by atoms with Crippen LogP contribution in [0.15, 0.2) is 24.3 Å². The van der Waals surface area contributed by atoms with Crippen LogP contribution in [-0.2, 0) is 11.3 Å². The summed E-state index contributed by atoms with van der Waals surface area (Å²) in [5, 5.41) is 18.6. The summed E-state index contributed by atoms with van der Waals surface area (Å²) in [7, 11) is 0. The van der Waals surface area contributed by atoms with Gasteiger partial charge < -0.3 is 14.9 Å². The Morgan fingerprint density at radius 3 is 2.87 bits per heavy atom. The van der Waals surface area contributed by atoms with Crippen molar-refractivity contribution in [3.05, 3.63) is 29.8 Å². The normalized spacial score (nSPS) is 22.0. The molecule has 23 heavy (non-hydrogen) atoms. The van der Waals surface area contributed by atoms with E-state index in [1.54, 1.807) is 0 Å². The van der Waals surface area contributed by atoms with Gasteiger partial charge in [0.15, 0.2) is 6.61 Å². The SMILES string of the molecule is CCC[C@@]1(CO)CCCN(Cc2ccccc2OCC(=O)O)C1. The molecule has 2 rings (SSSR count). The van der Waals surface area contributed by atoms with Crippen molar-refractivity contribution in [2.45, 2.75) is 39.2 Å². The van der Waals surface area contributed by atoms with E-state index < -0.39 is 5.97 Å². The van der Waals surface area contributed by atoms with Crippen molar-refractivity contribution in [2.75, 3.05) is 26.3 Å². The molecule has 1 atom stereocenters. The molecule has 1 aromatic carbocycles. The zero-order chi connectivity index (χ0) is 16.7. The number of para-hydroxylation sites is 1. The number of hydrogen-bond donors (Lipinski definition) is 2. The summed E-state index contributed by atoms with van der Waals surface area (Å²) in [5.41, 5.74) is 1.00. The highest BCUT2D eigenvalue weighted by molar-refractivity contribution is 5.68. The number of piperidine rings is 1. The molecular weight excluding hydrogens is 294 g/mol. The quantitative estimate of drug-likeness (QED) is 0.770. The van der Waals surface area contributed by atoms with Gasteiger partial charge in [0.25, 0.3) is 0 Å². The lowest BCUT2D eigenvalue weighted by atomic mass is 9.77. The van der Waals surface area contributed by atoms with E-state index >= 15 is 0 Å². The predicted molar refractivity (Wildman–Crippen MR) is 88.5 cm³/mol. The second-order valence-electron chi connectivity index (χ2n) is 6.51. The van der Waals surface area contributed by atoms with Crippen molar-refractivity contribution in [3.8, 4) is 5.75 Å². The van der Waals surface area contributed by atoms with Gasteiger partial charge in [-0.2, -0.15) is 0 Å². The number of carboxylic acid groups (broad SMARTS) is 1. The Bertz CT molecular complexity index is 515. The van der Waals surface area contributed by atoms with E-state index in [-0.39, 0.29) is 18.6 Å². The van der Waals surface area contributed by atoms with Crippen molar-refractivity contribution in [1.82, 2.24) is 4.90 Å². The minimum absolute atomic E-state index is 0.00383. The number of nitrogens with zero attached hydrogens (tertiary/aromatic N) is 1. The number of ether oxygens (including phenoxy) is 1. The van der Waals surface area contributed by atoms with E-state index in [0.29, 0.717) is 5.75 Å². The number of hydrogen-bond acceptors (Lipinski definition) is 4. The number of carboxylic acids is 1. The summed E-state index contributed by atoms with van der Waals surface area (Å²) in [5.74, 6) is -0.342. The molecule has 128 valence electrons. The summed E-state index contributed by atoms with van der Waals surface area (Å²) >= 11 is 0. The van der Waals surface area contributed by atoms with Gasteiger partial charge in [0.2, 0.25) is 0 Å². The van der Waals surface area contributed by atoms with Crippen LogP contribution in [0.4, 0.5) is 0 Å². The molecule has 0 unspecified atom stereocenters. The molecule has 0 radical (unpaired) electrons. The second kappa shape index (κ2) is 8.31. The van der Waals surface area contributed by atoms with Crippen LogP contribution >= 0.6 is 0 Å². The predicted octanol–water partition coefficient (Wildman–Crippen LogP) is 2.52. The van der Waals surface area contributed by atoms with Crippen molar-refractivity contribution in [1.29, 1.82) is 0 Å². The maximum Gasteiger partial charge on any atom is 0.341 e. The number of carbonyl (C=O) groups is 1. The number of aliphatic hydroxyl groups is 1. The highest BCUT2D eigenvalue weighted by Gasteiger charge is 2.34. The molecule has 1 aliphatic rings. The molecule has 5 nitrogen and oxygen atoms in total. The number of aliphatic carboxylic acids is 1. The summed E-state index contributed by atoms with van der Waals surface area (Å²) in [6, 6.07) is 7.59. The van der Waals surface area contributed by atoms with Gasteiger partial charge in [0.1, 0.15) is 5.75 Å². The van der Waals surface area contributed by atoms with Gasteiger partial charge in [-0.15, -0.1) is 0 Å². The van der Waals surface area contributed by atoms with E-state index in [1.807, 2.05) is 24.3 Å². The van der Waals surface area contributed by atoms with Gasteiger partial charge in [-0.25, -0.2) is 4.79 Å². The average Bonchev–Trinajstić information content (AvgIpc) is 2.54. The minimum atomic E-state index is -0.972. The average molecular weight is 321 g/mol. The third kappa shape index (κ3) is 4.94. The standard InChI is InChI=1S/C18H27NO4/c1-2-8-18(14-20)9-5-10-19(13-18)11-15-6-3-4-7-16(15)23-12-17(21)22/h3-4,6-7,20H,2,5,8-14H2,1H3,(H,21,22)/t18-/m1/s1. The van der Waals surface area contributed by atoms with Gasteiger partial charge in [-0.3, -0.25) is 4.90 Å². The molecule has 1 heterocycles. The van der Waals surface area contributed by atoms with Crippen molar-refractivity contribution in [2.24, 2.45) is 5.41 Å². The van der Waals surface area contributed by atoms with Crippen LogP contribution in [0.1, 0.15) is 38.2 Å². The Kier molecular flexibility index (Phi) is 6.42. The molecule has 0 aliphatic carbocycles. The maximum atomic E-state index is 10.7. The van der Waals surface area contributed by atoms with Gasteiger partial charge in [-0.05, 0) is 31.9 Å². The molecule has 0 bridgehead atoms. The first-order valence-electron chi connectivity index (χ1n) is 8.34. The van der Waals surface area contributed by atoms with Crippen molar-refractivity contribution < 1.29 is 19.7 Å². The molecule has 1 saturated heterocycles. The second-order valence-corrected chi connectivity index (χ2v) is 6.51. The number of rotatable bonds is 8. The molecule has 5 heteroatoms. The molecule has 0 spiro atoms. The fourth-order valence-corrected chi connectivity index (χ4v) is 3.54. The minimum Gasteiger partial charge on any atom is -0.482 e. The molecule has 2 N–H and O–H groups in total.